The van der Waals surface area contributed by atoms with Gasteiger partial charge in [0, 0.05) is 18.2 Å². The fraction of sp³-hybridized carbons (Fsp3) is 0.278. The van der Waals surface area contributed by atoms with Crippen molar-refractivity contribution in [1.29, 1.82) is 0 Å². The normalized spacial score (nSPS) is 11.1. The number of benzene rings is 2. The molecule has 2 aromatic carbocycles. The summed E-state index contributed by atoms with van der Waals surface area (Å²) in [5.41, 5.74) is 1.49. The molecule has 7 nitrogen and oxygen atoms in total. The number of ether oxygens (including phenoxy) is 3. The van der Waals surface area contributed by atoms with Gasteiger partial charge in [-0.1, -0.05) is 12.1 Å². The van der Waals surface area contributed by atoms with Crippen molar-refractivity contribution >= 4 is 16.0 Å². The topological polar surface area (TPSA) is 90.9 Å². The Morgan fingerprint density at radius 1 is 1.04 bits per heavy atom. The van der Waals surface area contributed by atoms with Crippen molar-refractivity contribution in [3.63, 3.8) is 0 Å². The molecule has 8 heteroatoms. The number of carbonyl (C=O) groups excluding carboxylic acids is 1. The molecule has 0 unspecified atom stereocenters. The van der Waals surface area contributed by atoms with Crippen molar-refractivity contribution < 1.29 is 27.4 Å². The largest absolute Gasteiger partial charge is 0.497 e. The Morgan fingerprint density at radius 2 is 1.77 bits per heavy atom. The van der Waals surface area contributed by atoms with E-state index in [4.69, 9.17) is 9.47 Å². The maximum Gasteiger partial charge on any atom is 0.338 e. The zero-order valence-electron chi connectivity index (χ0n) is 15.0. The highest BCUT2D eigenvalue weighted by atomic mass is 32.2. The number of rotatable bonds is 7. The summed E-state index contributed by atoms with van der Waals surface area (Å²) in [5.74, 6) is 0.525. The molecule has 0 saturated carbocycles. The minimum Gasteiger partial charge on any atom is -0.497 e. The van der Waals surface area contributed by atoms with Gasteiger partial charge in [0.05, 0.1) is 31.8 Å². The Balaban J connectivity index is 2.26. The molecule has 1 N–H and O–H groups in total. The van der Waals surface area contributed by atoms with E-state index in [9.17, 15) is 13.2 Å². The molecule has 0 atom stereocenters. The van der Waals surface area contributed by atoms with Crippen molar-refractivity contribution in [2.45, 2.75) is 18.4 Å². The first kappa shape index (κ1) is 19.7. The van der Waals surface area contributed by atoms with E-state index < -0.39 is 16.0 Å². The van der Waals surface area contributed by atoms with Crippen LogP contribution in [0, 0.1) is 6.92 Å². The molecule has 0 aliphatic rings. The summed E-state index contributed by atoms with van der Waals surface area (Å²) >= 11 is 0. The van der Waals surface area contributed by atoms with E-state index in [2.05, 4.69) is 9.46 Å². The predicted octanol–water partition coefficient (Wildman–Crippen LogP) is 2.28. The Kier molecular flexibility index (Phi) is 6.23. The van der Waals surface area contributed by atoms with Crippen LogP contribution in [0.25, 0.3) is 0 Å². The van der Waals surface area contributed by atoms with Crippen LogP contribution in [0.1, 0.15) is 21.5 Å². The van der Waals surface area contributed by atoms with E-state index in [1.54, 1.807) is 31.2 Å². The minimum absolute atomic E-state index is 0.0176. The zero-order chi connectivity index (χ0) is 19.3. The van der Waals surface area contributed by atoms with Crippen molar-refractivity contribution in [2.75, 3.05) is 21.3 Å². The highest BCUT2D eigenvalue weighted by molar-refractivity contribution is 7.89. The monoisotopic (exact) mass is 379 g/mol. The number of sulfonamides is 1. The zero-order valence-corrected chi connectivity index (χ0v) is 15.8. The summed E-state index contributed by atoms with van der Waals surface area (Å²) in [6.07, 6.45) is 0. The molecule has 0 heterocycles. The molecular weight excluding hydrogens is 358 g/mol. The van der Waals surface area contributed by atoms with Gasteiger partial charge >= 0.3 is 5.97 Å². The van der Waals surface area contributed by atoms with Gasteiger partial charge < -0.3 is 14.2 Å². The van der Waals surface area contributed by atoms with Gasteiger partial charge in [0.1, 0.15) is 11.5 Å². The Bertz CT molecular complexity index is 908. The average Bonchev–Trinajstić information content (AvgIpc) is 2.65. The lowest BCUT2D eigenvalue weighted by atomic mass is 10.1. The lowest BCUT2D eigenvalue weighted by molar-refractivity contribution is 0.0599. The molecule has 26 heavy (non-hydrogen) atoms. The molecule has 0 spiro atoms. The summed E-state index contributed by atoms with van der Waals surface area (Å²) in [7, 11) is 0.453. The molecular formula is C18H21NO6S. The molecule has 0 aliphatic heterocycles. The number of aryl methyl sites for hydroxylation is 1. The first-order valence-electron chi connectivity index (χ1n) is 7.72. The van der Waals surface area contributed by atoms with Gasteiger partial charge in [-0.15, -0.1) is 0 Å². The van der Waals surface area contributed by atoms with Crippen LogP contribution in [0.2, 0.25) is 0 Å². The average molecular weight is 379 g/mol. The smallest absolute Gasteiger partial charge is 0.338 e. The van der Waals surface area contributed by atoms with Crippen molar-refractivity contribution in [3.8, 4) is 11.5 Å². The first-order valence-corrected chi connectivity index (χ1v) is 9.20. The highest BCUT2D eigenvalue weighted by Crippen LogP contribution is 2.25. The summed E-state index contributed by atoms with van der Waals surface area (Å²) in [6, 6.07) is 9.41. The molecule has 0 amide bonds. The number of esters is 1. The Labute approximate surface area is 152 Å². The maximum atomic E-state index is 12.6. The third-order valence-corrected chi connectivity index (χ3v) is 5.27. The third-order valence-electron chi connectivity index (χ3n) is 3.87. The molecule has 0 radical (unpaired) electrons. The predicted molar refractivity (Wildman–Crippen MR) is 96.1 cm³/mol. The maximum absolute atomic E-state index is 12.6. The molecule has 140 valence electrons. The van der Waals surface area contributed by atoms with Crippen LogP contribution in [0.15, 0.2) is 41.3 Å². The minimum atomic E-state index is -3.82. The second-order valence-corrected chi connectivity index (χ2v) is 7.24. The van der Waals surface area contributed by atoms with Gasteiger partial charge in [-0.3, -0.25) is 0 Å². The van der Waals surface area contributed by atoms with Crippen LogP contribution in [0.3, 0.4) is 0 Å². The fourth-order valence-corrected chi connectivity index (χ4v) is 3.38. The van der Waals surface area contributed by atoms with E-state index in [1.165, 1.54) is 33.5 Å². The molecule has 0 aromatic heterocycles. The molecule has 0 aliphatic carbocycles. The van der Waals surface area contributed by atoms with E-state index in [-0.39, 0.29) is 17.0 Å². The van der Waals surface area contributed by atoms with Crippen molar-refractivity contribution in [2.24, 2.45) is 0 Å². The number of carbonyl (C=O) groups is 1. The van der Waals surface area contributed by atoms with E-state index in [0.29, 0.717) is 22.6 Å². The molecule has 2 aromatic rings. The lowest BCUT2D eigenvalue weighted by Crippen LogP contribution is -2.24. The van der Waals surface area contributed by atoms with Gasteiger partial charge in [0.25, 0.3) is 0 Å². The van der Waals surface area contributed by atoms with Gasteiger partial charge in [-0.25, -0.2) is 17.9 Å². The second kappa shape index (κ2) is 8.20. The summed E-state index contributed by atoms with van der Waals surface area (Å²) in [6.45, 7) is 1.73. The lowest BCUT2D eigenvalue weighted by Gasteiger charge is -2.12. The van der Waals surface area contributed by atoms with Gasteiger partial charge in [0.2, 0.25) is 10.0 Å². The second-order valence-electron chi connectivity index (χ2n) is 5.47. The molecule has 0 bridgehead atoms. The van der Waals surface area contributed by atoms with Crippen LogP contribution in [-0.2, 0) is 21.3 Å². The number of hydrogen-bond donors (Lipinski definition) is 1. The Hall–Kier alpha value is -2.58. The van der Waals surface area contributed by atoms with Gasteiger partial charge in [-0.2, -0.15) is 0 Å². The quantitative estimate of drug-likeness (QED) is 0.742. The summed E-state index contributed by atoms with van der Waals surface area (Å²) in [5, 5.41) is 0. The van der Waals surface area contributed by atoms with E-state index in [0.717, 1.165) is 0 Å². The van der Waals surface area contributed by atoms with Crippen LogP contribution < -0.4 is 14.2 Å². The van der Waals surface area contributed by atoms with Crippen molar-refractivity contribution in [3.05, 3.63) is 53.1 Å². The van der Waals surface area contributed by atoms with Crippen molar-refractivity contribution in [1.82, 2.24) is 4.72 Å². The van der Waals surface area contributed by atoms with E-state index >= 15 is 0 Å². The van der Waals surface area contributed by atoms with E-state index in [1.807, 2.05) is 0 Å². The SMILES string of the molecule is COC(=O)c1cc(S(=O)(=O)NCc2ccc(OC)cc2OC)ccc1C. The number of methoxy groups -OCH3 is 3. The third kappa shape index (κ3) is 4.33. The highest BCUT2D eigenvalue weighted by Gasteiger charge is 2.19. The first-order chi connectivity index (χ1) is 12.3. The van der Waals surface area contributed by atoms with Crippen LogP contribution in [-0.4, -0.2) is 35.7 Å². The van der Waals surface area contributed by atoms with Gasteiger partial charge in [-0.05, 0) is 30.7 Å². The summed E-state index contributed by atoms with van der Waals surface area (Å²) < 4.78 is 42.7. The molecule has 2 rings (SSSR count). The summed E-state index contributed by atoms with van der Waals surface area (Å²) in [4.78, 5) is 11.8. The molecule has 0 saturated heterocycles. The number of nitrogens with one attached hydrogen (secondary N) is 1. The van der Waals surface area contributed by atoms with Crippen LogP contribution in [0.4, 0.5) is 0 Å². The van der Waals surface area contributed by atoms with Crippen LogP contribution in [0.5, 0.6) is 11.5 Å². The number of hydrogen-bond acceptors (Lipinski definition) is 6. The fourth-order valence-electron chi connectivity index (χ4n) is 2.35. The van der Waals surface area contributed by atoms with Gasteiger partial charge in [0.15, 0.2) is 0 Å². The Morgan fingerprint density at radius 3 is 2.38 bits per heavy atom. The molecule has 0 fully saturated rings. The van der Waals surface area contributed by atoms with Crippen LogP contribution >= 0.6 is 0 Å². The standard InChI is InChI=1S/C18H21NO6S/c1-12-5-8-15(10-16(12)18(20)25-4)26(21,22)19-11-13-6-7-14(23-2)9-17(13)24-3/h5-10,19H,11H2,1-4H3.